The minimum Gasteiger partial charge on any atom is -0.388 e. The van der Waals surface area contributed by atoms with Gasteiger partial charge in [-0.3, -0.25) is 0 Å². The van der Waals surface area contributed by atoms with Gasteiger partial charge in [-0.1, -0.05) is 92.6 Å². The molecule has 0 bridgehead atoms. The fourth-order valence-electron chi connectivity index (χ4n) is 4.58. The zero-order valence-electron chi connectivity index (χ0n) is 16.1. The van der Waals surface area contributed by atoms with Crippen LogP contribution >= 0.6 is 0 Å². The minimum absolute atomic E-state index is 0.0932. The van der Waals surface area contributed by atoms with Crippen molar-refractivity contribution in [2.75, 3.05) is 0 Å². The van der Waals surface area contributed by atoms with E-state index in [1.54, 1.807) is 0 Å². The van der Waals surface area contributed by atoms with Crippen molar-refractivity contribution >= 4 is 10.8 Å². The molecular formula is C25H29NO. The second-order valence-electron chi connectivity index (χ2n) is 7.98. The number of fused-ring (bicyclic) bond motifs is 1. The van der Waals surface area contributed by atoms with Gasteiger partial charge in [0.2, 0.25) is 0 Å². The van der Waals surface area contributed by atoms with E-state index in [0.717, 1.165) is 25.8 Å². The number of hydrogen-bond acceptors (Lipinski definition) is 2. The highest BCUT2D eigenvalue weighted by Gasteiger charge is 2.43. The number of benzene rings is 3. The lowest BCUT2D eigenvalue weighted by atomic mass is 9.70. The third kappa shape index (κ3) is 3.78. The summed E-state index contributed by atoms with van der Waals surface area (Å²) < 4.78 is 0. The number of hydrogen-bond donors (Lipinski definition) is 2. The molecule has 0 heterocycles. The van der Waals surface area contributed by atoms with Gasteiger partial charge in [-0.25, -0.2) is 0 Å². The summed E-state index contributed by atoms with van der Waals surface area (Å²) in [6.45, 7) is 2.99. The molecule has 3 aromatic rings. The van der Waals surface area contributed by atoms with Crippen LogP contribution < -0.4 is 5.32 Å². The smallest absolute Gasteiger partial charge is 0.0865 e. The van der Waals surface area contributed by atoms with Gasteiger partial charge < -0.3 is 10.4 Å². The summed E-state index contributed by atoms with van der Waals surface area (Å²) in [6, 6.07) is 25.7. The first-order valence-electron chi connectivity index (χ1n) is 10.2. The van der Waals surface area contributed by atoms with Crippen LogP contribution in [0.3, 0.4) is 0 Å². The first-order valence-corrected chi connectivity index (χ1v) is 10.2. The van der Waals surface area contributed by atoms with Gasteiger partial charge >= 0.3 is 0 Å². The summed E-state index contributed by atoms with van der Waals surface area (Å²) in [5.74, 6) is 0.0932. The molecule has 0 aliphatic heterocycles. The molecule has 0 aromatic heterocycles. The van der Waals surface area contributed by atoms with Crippen LogP contribution in [0.4, 0.5) is 0 Å². The monoisotopic (exact) mass is 359 g/mol. The molecule has 1 saturated carbocycles. The van der Waals surface area contributed by atoms with Gasteiger partial charge in [0.05, 0.1) is 5.60 Å². The summed E-state index contributed by atoms with van der Waals surface area (Å²) in [5, 5.41) is 17.9. The second kappa shape index (κ2) is 7.84. The van der Waals surface area contributed by atoms with Crippen molar-refractivity contribution < 1.29 is 5.11 Å². The van der Waals surface area contributed by atoms with Crippen molar-refractivity contribution in [2.24, 2.45) is 0 Å². The molecule has 3 aromatic carbocycles. The zero-order valence-corrected chi connectivity index (χ0v) is 16.1. The maximum atomic E-state index is 11.7. The predicted octanol–water partition coefficient (Wildman–Crippen LogP) is 5.41. The van der Waals surface area contributed by atoms with E-state index in [0.29, 0.717) is 0 Å². The third-order valence-corrected chi connectivity index (χ3v) is 6.34. The Balaban J connectivity index is 1.57. The minimum atomic E-state index is -0.713. The van der Waals surface area contributed by atoms with E-state index in [4.69, 9.17) is 0 Å². The Bertz CT molecular complexity index is 891. The molecule has 0 amide bonds. The molecule has 2 heteroatoms. The first kappa shape index (κ1) is 18.2. The molecule has 0 radical (unpaired) electrons. The quantitative estimate of drug-likeness (QED) is 0.639. The molecule has 1 fully saturated rings. The van der Waals surface area contributed by atoms with Crippen molar-refractivity contribution in [1.82, 2.24) is 5.32 Å². The van der Waals surface area contributed by atoms with Gasteiger partial charge in [0.1, 0.15) is 0 Å². The van der Waals surface area contributed by atoms with Gasteiger partial charge in [-0.15, -0.1) is 0 Å². The Morgan fingerprint density at radius 1 is 0.963 bits per heavy atom. The molecule has 140 valence electrons. The number of nitrogens with one attached hydrogen (secondary N) is 1. The van der Waals surface area contributed by atoms with Crippen LogP contribution in [0.25, 0.3) is 10.8 Å². The summed E-state index contributed by atoms with van der Waals surface area (Å²) in [5.41, 5.74) is 1.78. The molecule has 27 heavy (non-hydrogen) atoms. The van der Waals surface area contributed by atoms with Crippen LogP contribution in [0.15, 0.2) is 72.8 Å². The molecule has 4 rings (SSSR count). The number of aliphatic hydroxyl groups is 1. The molecule has 3 atom stereocenters. The lowest BCUT2D eigenvalue weighted by Crippen LogP contribution is -2.55. The van der Waals surface area contributed by atoms with Gasteiger partial charge in [-0.05, 0) is 34.7 Å². The fraction of sp³-hybridized carbons (Fsp3) is 0.360. The van der Waals surface area contributed by atoms with Crippen LogP contribution in [0, 0.1) is 0 Å². The van der Waals surface area contributed by atoms with Crippen LogP contribution in [-0.4, -0.2) is 16.7 Å². The average Bonchev–Trinajstić information content (AvgIpc) is 2.73. The Labute approximate surface area is 162 Å². The highest BCUT2D eigenvalue weighted by Crippen LogP contribution is 2.40. The van der Waals surface area contributed by atoms with Crippen molar-refractivity contribution in [3.8, 4) is 0 Å². The van der Waals surface area contributed by atoms with Gasteiger partial charge in [0.25, 0.3) is 0 Å². The van der Waals surface area contributed by atoms with Gasteiger partial charge in [-0.2, -0.15) is 0 Å². The van der Waals surface area contributed by atoms with Crippen LogP contribution in [-0.2, 0) is 6.54 Å². The van der Waals surface area contributed by atoms with Crippen LogP contribution in [0.5, 0.6) is 0 Å². The van der Waals surface area contributed by atoms with E-state index in [1.165, 1.54) is 28.3 Å². The van der Waals surface area contributed by atoms with E-state index in [2.05, 4.69) is 79.0 Å². The Kier molecular flexibility index (Phi) is 5.29. The maximum Gasteiger partial charge on any atom is 0.0865 e. The highest BCUT2D eigenvalue weighted by molar-refractivity contribution is 5.83. The first-order chi connectivity index (χ1) is 13.2. The largest absolute Gasteiger partial charge is 0.388 e. The van der Waals surface area contributed by atoms with Crippen molar-refractivity contribution in [1.29, 1.82) is 0 Å². The summed E-state index contributed by atoms with van der Waals surface area (Å²) >= 11 is 0. The maximum absolute atomic E-state index is 11.7. The van der Waals surface area contributed by atoms with E-state index in [1.807, 2.05) is 6.07 Å². The lowest BCUT2D eigenvalue weighted by molar-refractivity contribution is -0.0464. The van der Waals surface area contributed by atoms with Gasteiger partial charge in [0, 0.05) is 18.5 Å². The summed E-state index contributed by atoms with van der Waals surface area (Å²) in [6.07, 6.45) is 4.16. The normalized spacial score (nSPS) is 24.0. The Hall–Kier alpha value is -2.16. The summed E-state index contributed by atoms with van der Waals surface area (Å²) in [7, 11) is 0. The second-order valence-corrected chi connectivity index (χ2v) is 7.98. The lowest BCUT2D eigenvalue weighted by Gasteiger charge is -2.45. The predicted molar refractivity (Wildman–Crippen MR) is 113 cm³/mol. The fourth-order valence-corrected chi connectivity index (χ4v) is 4.58. The molecule has 1 aliphatic rings. The highest BCUT2D eigenvalue weighted by atomic mass is 16.3. The van der Waals surface area contributed by atoms with Crippen LogP contribution in [0.1, 0.15) is 49.7 Å². The van der Waals surface area contributed by atoms with E-state index in [-0.39, 0.29) is 12.0 Å². The van der Waals surface area contributed by atoms with E-state index >= 15 is 0 Å². The summed E-state index contributed by atoms with van der Waals surface area (Å²) in [4.78, 5) is 0. The van der Waals surface area contributed by atoms with E-state index in [9.17, 15) is 5.11 Å². The molecule has 0 saturated heterocycles. The third-order valence-electron chi connectivity index (χ3n) is 6.34. The molecule has 2 N–H and O–H groups in total. The Morgan fingerprint density at radius 2 is 1.70 bits per heavy atom. The van der Waals surface area contributed by atoms with E-state index < -0.39 is 5.60 Å². The molecule has 2 nitrogen and oxygen atoms in total. The number of rotatable bonds is 5. The molecular weight excluding hydrogens is 330 g/mol. The van der Waals surface area contributed by atoms with Gasteiger partial charge in [0.15, 0.2) is 0 Å². The van der Waals surface area contributed by atoms with Crippen molar-refractivity contribution in [2.45, 2.75) is 56.7 Å². The molecule has 0 spiro atoms. The zero-order chi connectivity index (χ0) is 18.7. The van der Waals surface area contributed by atoms with Crippen molar-refractivity contribution in [3.05, 3.63) is 83.9 Å². The topological polar surface area (TPSA) is 32.3 Å². The molecule has 1 aliphatic carbocycles. The van der Waals surface area contributed by atoms with Crippen LogP contribution in [0.2, 0.25) is 0 Å². The standard InChI is InChI=1S/C25H29NO/c1-19(22-15-14-21-11-5-6-12-23(21)17-22)25(27)16-8-7-13-24(25)26-18-20-9-3-2-4-10-20/h2-6,9-12,14-15,17,19,24,26-27H,7-8,13,16,18H2,1H3. The SMILES string of the molecule is CC(c1ccc2ccccc2c1)C1(O)CCCCC1NCc1ccccc1. The Morgan fingerprint density at radius 3 is 2.52 bits per heavy atom. The molecule has 3 unspecified atom stereocenters. The van der Waals surface area contributed by atoms with Crippen molar-refractivity contribution in [3.63, 3.8) is 0 Å². The average molecular weight is 360 g/mol.